The van der Waals surface area contributed by atoms with Crippen molar-refractivity contribution in [3.8, 4) is 0 Å². The van der Waals surface area contributed by atoms with Crippen LogP contribution in [0.4, 0.5) is 0 Å². The van der Waals surface area contributed by atoms with Gasteiger partial charge < -0.3 is 0 Å². The Morgan fingerprint density at radius 1 is 0.917 bits per heavy atom. The molecule has 0 unspecified atom stereocenters. The minimum Gasteiger partial charge on any atom is -0.0885 e. The van der Waals surface area contributed by atoms with Gasteiger partial charge in [-0.3, -0.25) is 0 Å². The van der Waals surface area contributed by atoms with Crippen molar-refractivity contribution in [2.75, 3.05) is 4.43 Å². The number of alkyl halides is 1. The lowest BCUT2D eigenvalue weighted by Gasteiger charge is -1.93. The highest BCUT2D eigenvalue weighted by Crippen LogP contribution is 2.04. The maximum atomic E-state index is 2.43. The lowest BCUT2D eigenvalue weighted by Crippen LogP contribution is -1.74. The van der Waals surface area contributed by atoms with Gasteiger partial charge in [-0.25, -0.2) is 0 Å². The summed E-state index contributed by atoms with van der Waals surface area (Å²) in [5.74, 6) is 0. The molecule has 0 nitrogen and oxygen atoms in total. The summed E-state index contributed by atoms with van der Waals surface area (Å²) < 4.78 is 1.29. The Labute approximate surface area is 91.0 Å². The summed E-state index contributed by atoms with van der Waals surface area (Å²) in [6, 6.07) is 0. The van der Waals surface area contributed by atoms with E-state index < -0.39 is 0 Å². The van der Waals surface area contributed by atoms with Gasteiger partial charge in [0, 0.05) is 0 Å². The summed E-state index contributed by atoms with van der Waals surface area (Å²) in [6.07, 6.45) is 14.1. The summed E-state index contributed by atoms with van der Waals surface area (Å²) in [4.78, 5) is 0. The molecule has 0 aliphatic heterocycles. The molecule has 0 heterocycles. The summed E-state index contributed by atoms with van der Waals surface area (Å²) in [6.45, 7) is 2.26. The molecule has 0 radical (unpaired) electrons. The van der Waals surface area contributed by atoms with Gasteiger partial charge in [0.15, 0.2) is 0 Å². The van der Waals surface area contributed by atoms with Crippen molar-refractivity contribution in [1.82, 2.24) is 0 Å². The summed E-state index contributed by atoms with van der Waals surface area (Å²) in [5.41, 5.74) is 0. The second kappa shape index (κ2) is 11.5. The van der Waals surface area contributed by atoms with Crippen LogP contribution >= 0.6 is 22.6 Å². The van der Waals surface area contributed by atoms with Gasteiger partial charge in [-0.15, -0.1) is 0 Å². The van der Waals surface area contributed by atoms with Gasteiger partial charge in [0.2, 0.25) is 0 Å². The van der Waals surface area contributed by atoms with E-state index in [2.05, 4.69) is 41.7 Å². The molecule has 1 heteroatoms. The Morgan fingerprint density at radius 2 is 1.58 bits per heavy atom. The smallest absolute Gasteiger partial charge is 0.000178 e. The van der Waals surface area contributed by atoms with Crippen LogP contribution in [-0.4, -0.2) is 4.43 Å². The van der Waals surface area contributed by atoms with Gasteiger partial charge in [0.05, 0.1) is 0 Å². The Bertz CT molecular complexity index is 97.2. The highest BCUT2D eigenvalue weighted by atomic mass is 127. The van der Waals surface area contributed by atoms with E-state index in [9.17, 15) is 0 Å². The van der Waals surface area contributed by atoms with Crippen molar-refractivity contribution in [3.05, 3.63) is 12.2 Å². The molecule has 0 aliphatic carbocycles. The number of hydrogen-bond acceptors (Lipinski definition) is 0. The molecule has 72 valence electrons. The van der Waals surface area contributed by atoms with Crippen LogP contribution in [0.2, 0.25) is 0 Å². The molecular formula is C11H21I. The highest BCUT2D eigenvalue weighted by molar-refractivity contribution is 14.1. The van der Waals surface area contributed by atoms with Crippen LogP contribution in [0.1, 0.15) is 51.9 Å². The molecule has 0 fully saturated rings. The van der Waals surface area contributed by atoms with Crippen molar-refractivity contribution < 1.29 is 0 Å². The van der Waals surface area contributed by atoms with Crippen molar-refractivity contribution in [2.45, 2.75) is 51.9 Å². The molecule has 0 atom stereocenters. The second-order valence-corrected chi connectivity index (χ2v) is 4.23. The fraction of sp³-hybridized carbons (Fsp3) is 0.818. The molecule has 0 aromatic rings. The SMILES string of the molecule is CCCCCC/C=C\CCCI. The van der Waals surface area contributed by atoms with Gasteiger partial charge >= 0.3 is 0 Å². The Balaban J connectivity index is 2.92. The van der Waals surface area contributed by atoms with Crippen LogP contribution in [0.3, 0.4) is 0 Å². The first-order valence-corrected chi connectivity index (χ1v) is 6.65. The molecule has 0 rings (SSSR count). The third kappa shape index (κ3) is 10.5. The van der Waals surface area contributed by atoms with Crippen LogP contribution in [-0.2, 0) is 0 Å². The van der Waals surface area contributed by atoms with Crippen molar-refractivity contribution in [3.63, 3.8) is 0 Å². The minimum absolute atomic E-state index is 1.27. The van der Waals surface area contributed by atoms with Gasteiger partial charge in [-0.1, -0.05) is 60.9 Å². The highest BCUT2D eigenvalue weighted by Gasteiger charge is 1.84. The molecule has 0 saturated heterocycles. The fourth-order valence-corrected chi connectivity index (χ4v) is 1.56. The summed E-state index contributed by atoms with van der Waals surface area (Å²) in [5, 5.41) is 0. The first kappa shape index (κ1) is 12.5. The van der Waals surface area contributed by atoms with Crippen LogP contribution in [0, 0.1) is 0 Å². The topological polar surface area (TPSA) is 0 Å². The van der Waals surface area contributed by atoms with E-state index in [1.165, 1.54) is 49.4 Å². The quantitative estimate of drug-likeness (QED) is 0.261. The molecule has 0 aliphatic rings. The van der Waals surface area contributed by atoms with Crippen molar-refractivity contribution in [1.29, 1.82) is 0 Å². The zero-order valence-corrected chi connectivity index (χ0v) is 10.3. The van der Waals surface area contributed by atoms with Gasteiger partial charge in [-0.05, 0) is 30.1 Å². The molecule has 0 amide bonds. The van der Waals surface area contributed by atoms with E-state index in [1.54, 1.807) is 0 Å². The molecule has 0 spiro atoms. The predicted octanol–water partition coefficient (Wildman–Crippen LogP) is 4.73. The summed E-state index contributed by atoms with van der Waals surface area (Å²) in [7, 11) is 0. The number of allylic oxidation sites excluding steroid dienone is 2. The first-order valence-electron chi connectivity index (χ1n) is 5.12. The molecular weight excluding hydrogens is 259 g/mol. The van der Waals surface area contributed by atoms with E-state index >= 15 is 0 Å². The van der Waals surface area contributed by atoms with E-state index in [4.69, 9.17) is 0 Å². The maximum Gasteiger partial charge on any atom is -0.000178 e. The van der Waals surface area contributed by atoms with Crippen molar-refractivity contribution >= 4 is 22.6 Å². The van der Waals surface area contributed by atoms with Crippen LogP contribution < -0.4 is 0 Å². The molecule has 0 saturated carbocycles. The second-order valence-electron chi connectivity index (χ2n) is 3.15. The number of unbranched alkanes of at least 4 members (excludes halogenated alkanes) is 5. The lowest BCUT2D eigenvalue weighted by atomic mass is 10.1. The third-order valence-corrected chi connectivity index (χ3v) is 2.66. The van der Waals surface area contributed by atoms with Gasteiger partial charge in [-0.2, -0.15) is 0 Å². The maximum absolute atomic E-state index is 2.43. The van der Waals surface area contributed by atoms with Crippen LogP contribution in [0.15, 0.2) is 12.2 Å². The van der Waals surface area contributed by atoms with E-state index in [-0.39, 0.29) is 0 Å². The number of rotatable bonds is 8. The Kier molecular flexibility index (Phi) is 11.9. The lowest BCUT2D eigenvalue weighted by molar-refractivity contribution is 0.673. The van der Waals surface area contributed by atoms with Crippen molar-refractivity contribution in [2.24, 2.45) is 0 Å². The zero-order chi connectivity index (χ0) is 9.07. The average Bonchev–Trinajstić information content (AvgIpc) is 2.10. The van der Waals surface area contributed by atoms with E-state index in [1.807, 2.05) is 0 Å². The molecule has 12 heavy (non-hydrogen) atoms. The van der Waals surface area contributed by atoms with Gasteiger partial charge in [0.25, 0.3) is 0 Å². The normalized spacial score (nSPS) is 11.2. The Morgan fingerprint density at radius 3 is 2.17 bits per heavy atom. The first-order chi connectivity index (χ1) is 5.91. The minimum atomic E-state index is 1.27. The van der Waals surface area contributed by atoms with Crippen LogP contribution in [0.5, 0.6) is 0 Å². The standard InChI is InChI=1S/C11H21I/c1-2-3-4-5-6-7-8-9-10-11-12/h7-8H,2-6,9-11H2,1H3/b8-7-. The number of halogens is 1. The average molecular weight is 280 g/mol. The van der Waals surface area contributed by atoms with Gasteiger partial charge in [0.1, 0.15) is 0 Å². The molecule has 0 N–H and O–H groups in total. The largest absolute Gasteiger partial charge is 0.0885 e. The molecule has 0 aromatic heterocycles. The Hall–Kier alpha value is 0.470. The third-order valence-electron chi connectivity index (χ3n) is 1.90. The number of hydrogen-bond donors (Lipinski definition) is 0. The predicted molar refractivity (Wildman–Crippen MR) is 66.0 cm³/mol. The monoisotopic (exact) mass is 280 g/mol. The fourth-order valence-electron chi connectivity index (χ4n) is 1.12. The summed E-state index contributed by atoms with van der Waals surface area (Å²) >= 11 is 2.43. The van der Waals surface area contributed by atoms with Crippen LogP contribution in [0.25, 0.3) is 0 Å². The zero-order valence-electron chi connectivity index (χ0n) is 8.19. The molecule has 0 bridgehead atoms. The molecule has 0 aromatic carbocycles. The van der Waals surface area contributed by atoms with E-state index in [0.717, 1.165) is 0 Å². The van der Waals surface area contributed by atoms with E-state index in [0.29, 0.717) is 0 Å².